The normalized spacial score (nSPS) is 19.5. The number of alkyl halides is 1. The molecule has 2 aromatic heterocycles. The number of aromatic nitrogens is 2. The Bertz CT molecular complexity index is 1180. The molecule has 0 radical (unpaired) electrons. The molecular formula is C24H25FN4O. The first kappa shape index (κ1) is 17.9. The lowest BCUT2D eigenvalue weighted by Gasteiger charge is -2.39. The summed E-state index contributed by atoms with van der Waals surface area (Å²) in [5.41, 5.74) is 8.35. The number of pyridine rings is 1. The molecule has 30 heavy (non-hydrogen) atoms. The lowest BCUT2D eigenvalue weighted by molar-refractivity contribution is 0.0398. The summed E-state index contributed by atoms with van der Waals surface area (Å²) in [7, 11) is 0. The molecule has 4 heterocycles. The number of nitrogens with zero attached hydrogens (tertiary/aromatic N) is 3. The first-order valence-electron chi connectivity index (χ1n) is 10.7. The van der Waals surface area contributed by atoms with Gasteiger partial charge in [0.25, 0.3) is 5.91 Å². The number of aryl methyl sites for hydroxylation is 2. The maximum Gasteiger partial charge on any atom is 0.255 e. The van der Waals surface area contributed by atoms with Gasteiger partial charge in [-0.3, -0.25) is 4.79 Å². The number of carbonyl (C=O) groups is 1. The van der Waals surface area contributed by atoms with E-state index < -0.39 is 6.17 Å². The van der Waals surface area contributed by atoms with Crippen LogP contribution in [0.25, 0.3) is 5.65 Å². The van der Waals surface area contributed by atoms with Crippen LogP contribution in [0.3, 0.4) is 0 Å². The highest BCUT2D eigenvalue weighted by molar-refractivity contribution is 5.99. The van der Waals surface area contributed by atoms with E-state index in [9.17, 15) is 9.18 Å². The van der Waals surface area contributed by atoms with E-state index in [1.807, 2.05) is 24.4 Å². The van der Waals surface area contributed by atoms with E-state index in [2.05, 4.69) is 29.6 Å². The number of amides is 1. The predicted molar refractivity (Wildman–Crippen MR) is 114 cm³/mol. The minimum Gasteiger partial charge on any atom is -0.376 e. The number of rotatable bonds is 1. The zero-order chi connectivity index (χ0) is 20.6. The summed E-state index contributed by atoms with van der Waals surface area (Å²) in [5, 5.41) is 3.85. The number of carbonyl (C=O) groups excluding carboxylic acids is 1. The van der Waals surface area contributed by atoms with Gasteiger partial charge >= 0.3 is 0 Å². The van der Waals surface area contributed by atoms with Crippen molar-refractivity contribution < 1.29 is 9.18 Å². The third-order valence-corrected chi connectivity index (χ3v) is 7.27. The zero-order valence-corrected chi connectivity index (χ0v) is 17.3. The lowest BCUT2D eigenvalue weighted by Crippen LogP contribution is -2.52. The van der Waals surface area contributed by atoms with Crippen molar-refractivity contribution in [1.29, 1.82) is 0 Å². The van der Waals surface area contributed by atoms with Crippen LogP contribution in [-0.4, -0.2) is 45.0 Å². The SMILES string of the molecule is Cc1nc2c3c(c(C(=O)N4CC(F)C4)cn2c1C)CCC1(Cc2ccccc2C1)N3. The Labute approximate surface area is 174 Å². The molecule has 0 bridgehead atoms. The monoisotopic (exact) mass is 404 g/mol. The number of hydrogen-bond donors (Lipinski definition) is 1. The summed E-state index contributed by atoms with van der Waals surface area (Å²) < 4.78 is 15.4. The Morgan fingerprint density at radius 2 is 1.90 bits per heavy atom. The molecule has 1 spiro atoms. The van der Waals surface area contributed by atoms with Gasteiger partial charge in [0, 0.05) is 17.4 Å². The first-order chi connectivity index (χ1) is 14.4. The van der Waals surface area contributed by atoms with Crippen molar-refractivity contribution in [2.24, 2.45) is 0 Å². The van der Waals surface area contributed by atoms with Crippen LogP contribution >= 0.6 is 0 Å². The molecule has 1 saturated heterocycles. The highest BCUT2D eigenvalue weighted by Crippen LogP contribution is 2.43. The van der Waals surface area contributed by atoms with Crippen molar-refractivity contribution in [3.05, 3.63) is 64.1 Å². The van der Waals surface area contributed by atoms with Gasteiger partial charge in [0.2, 0.25) is 0 Å². The van der Waals surface area contributed by atoms with Crippen LogP contribution in [0.4, 0.5) is 10.1 Å². The number of likely N-dealkylation sites (tertiary alicyclic amines) is 1. The van der Waals surface area contributed by atoms with E-state index in [-0.39, 0.29) is 24.5 Å². The molecule has 5 nitrogen and oxygen atoms in total. The summed E-state index contributed by atoms with van der Waals surface area (Å²) >= 11 is 0. The number of benzene rings is 1. The second-order valence-corrected chi connectivity index (χ2v) is 9.21. The average molecular weight is 404 g/mol. The molecule has 1 amide bonds. The third kappa shape index (κ3) is 2.45. The van der Waals surface area contributed by atoms with Gasteiger partial charge in [0.05, 0.1) is 30.0 Å². The molecule has 1 aromatic carbocycles. The van der Waals surface area contributed by atoms with Crippen molar-refractivity contribution in [3.8, 4) is 0 Å². The van der Waals surface area contributed by atoms with Gasteiger partial charge in [0.1, 0.15) is 6.17 Å². The molecule has 154 valence electrons. The van der Waals surface area contributed by atoms with E-state index in [0.717, 1.165) is 54.0 Å². The molecule has 0 saturated carbocycles. The van der Waals surface area contributed by atoms with Crippen molar-refractivity contribution >= 4 is 17.2 Å². The van der Waals surface area contributed by atoms with Crippen LogP contribution in [0.1, 0.15) is 44.9 Å². The van der Waals surface area contributed by atoms with E-state index >= 15 is 0 Å². The van der Waals surface area contributed by atoms with Gasteiger partial charge < -0.3 is 14.6 Å². The van der Waals surface area contributed by atoms with Crippen molar-refractivity contribution in [2.75, 3.05) is 18.4 Å². The third-order valence-electron chi connectivity index (χ3n) is 7.27. The molecule has 6 heteroatoms. The van der Waals surface area contributed by atoms with Gasteiger partial charge in [-0.2, -0.15) is 0 Å². The Morgan fingerprint density at radius 3 is 2.57 bits per heavy atom. The Morgan fingerprint density at radius 1 is 1.20 bits per heavy atom. The van der Waals surface area contributed by atoms with Crippen LogP contribution in [-0.2, 0) is 19.3 Å². The molecule has 1 fully saturated rings. The Hall–Kier alpha value is -2.89. The van der Waals surface area contributed by atoms with E-state index in [1.54, 1.807) is 4.90 Å². The summed E-state index contributed by atoms with van der Waals surface area (Å²) in [6, 6.07) is 8.65. The topological polar surface area (TPSA) is 49.6 Å². The van der Waals surface area contributed by atoms with Gasteiger partial charge in [-0.15, -0.1) is 0 Å². The molecule has 1 aliphatic carbocycles. The maximum atomic E-state index is 13.4. The highest BCUT2D eigenvalue weighted by Gasteiger charge is 2.42. The fourth-order valence-corrected chi connectivity index (χ4v) is 5.43. The molecule has 0 unspecified atom stereocenters. The smallest absolute Gasteiger partial charge is 0.255 e. The van der Waals surface area contributed by atoms with Crippen molar-refractivity contribution in [3.63, 3.8) is 0 Å². The Kier molecular flexibility index (Phi) is 3.62. The van der Waals surface area contributed by atoms with Crippen molar-refractivity contribution in [2.45, 2.75) is 51.2 Å². The van der Waals surface area contributed by atoms with Gasteiger partial charge in [-0.05, 0) is 56.2 Å². The molecule has 0 atom stereocenters. The van der Waals surface area contributed by atoms with Gasteiger partial charge in [-0.25, -0.2) is 9.37 Å². The zero-order valence-electron chi connectivity index (χ0n) is 17.3. The molecule has 2 aliphatic heterocycles. The largest absolute Gasteiger partial charge is 0.376 e. The van der Waals surface area contributed by atoms with Crippen LogP contribution in [0.15, 0.2) is 30.5 Å². The fourth-order valence-electron chi connectivity index (χ4n) is 5.43. The van der Waals surface area contributed by atoms with E-state index in [4.69, 9.17) is 4.98 Å². The molecular weight excluding hydrogens is 379 g/mol. The standard InChI is InChI=1S/C24H25FN4O/c1-14-15(2)29-13-20(23(30)28-11-18(25)12-28)19-7-8-24(27-21(19)22(29)26-14)9-16-5-3-4-6-17(16)10-24/h3-6,13,18,27H,7-12H2,1-2H3. The van der Waals surface area contributed by atoms with Gasteiger partial charge in [0.15, 0.2) is 5.65 Å². The highest BCUT2D eigenvalue weighted by atomic mass is 19.1. The average Bonchev–Trinajstić information content (AvgIpc) is 3.21. The summed E-state index contributed by atoms with van der Waals surface area (Å²) in [5.74, 6) is -0.0692. The molecule has 6 rings (SSSR count). The number of imidazole rings is 1. The maximum absolute atomic E-state index is 13.4. The lowest BCUT2D eigenvalue weighted by atomic mass is 9.82. The minimum atomic E-state index is -0.899. The van der Waals surface area contributed by atoms with Crippen LogP contribution in [0, 0.1) is 13.8 Å². The first-order valence-corrected chi connectivity index (χ1v) is 10.7. The Balaban J connectivity index is 1.47. The molecule has 1 N–H and O–H groups in total. The summed E-state index contributed by atoms with van der Waals surface area (Å²) in [6.07, 6.45) is 4.79. The second-order valence-electron chi connectivity index (χ2n) is 9.21. The van der Waals surface area contributed by atoms with Crippen molar-refractivity contribution in [1.82, 2.24) is 14.3 Å². The van der Waals surface area contributed by atoms with Gasteiger partial charge in [-0.1, -0.05) is 24.3 Å². The summed E-state index contributed by atoms with van der Waals surface area (Å²) in [4.78, 5) is 19.6. The number of hydrogen-bond acceptors (Lipinski definition) is 3. The second kappa shape index (κ2) is 6.06. The number of nitrogens with one attached hydrogen (secondary N) is 1. The number of fused-ring (bicyclic) bond motifs is 4. The van der Waals surface area contributed by atoms with E-state index in [0.29, 0.717) is 5.56 Å². The number of anilines is 1. The predicted octanol–water partition coefficient (Wildman–Crippen LogP) is 3.64. The van der Waals surface area contributed by atoms with Crippen LogP contribution < -0.4 is 5.32 Å². The quantitative estimate of drug-likeness (QED) is 0.674. The fraction of sp³-hybridized carbons (Fsp3) is 0.417. The van der Waals surface area contributed by atoms with E-state index in [1.165, 1.54) is 11.1 Å². The minimum absolute atomic E-state index is 0.0343. The molecule has 3 aromatic rings. The van der Waals surface area contributed by atoms with Crippen LogP contribution in [0.5, 0.6) is 0 Å². The van der Waals surface area contributed by atoms with Crippen LogP contribution in [0.2, 0.25) is 0 Å². The summed E-state index contributed by atoms with van der Waals surface area (Å²) in [6.45, 7) is 4.42. The number of halogens is 1. The molecule has 3 aliphatic rings.